The van der Waals surface area contributed by atoms with Crippen LogP contribution in [0.4, 0.5) is 5.69 Å². The third kappa shape index (κ3) is 5.12. The maximum Gasteiger partial charge on any atom is 0.254 e. The number of carbonyl (C=O) groups is 1. The van der Waals surface area contributed by atoms with Crippen LogP contribution in [0.3, 0.4) is 0 Å². The molecule has 2 aromatic rings. The van der Waals surface area contributed by atoms with Crippen LogP contribution in [0.25, 0.3) is 0 Å². The minimum atomic E-state index is 0.0270. The zero-order valence-electron chi connectivity index (χ0n) is 16.6. The van der Waals surface area contributed by atoms with Crippen LogP contribution >= 0.6 is 0 Å². The fourth-order valence-electron chi connectivity index (χ4n) is 2.57. The molecule has 0 spiro atoms. The predicted molar refractivity (Wildman–Crippen MR) is 110 cm³/mol. The van der Waals surface area contributed by atoms with E-state index in [9.17, 15) is 4.79 Å². The molecule has 0 aliphatic rings. The third-order valence-electron chi connectivity index (χ3n) is 4.52. The smallest absolute Gasteiger partial charge is 0.254 e. The zero-order valence-corrected chi connectivity index (χ0v) is 16.6. The lowest BCUT2D eigenvalue weighted by Crippen LogP contribution is -2.33. The summed E-state index contributed by atoms with van der Waals surface area (Å²) in [6, 6.07) is 15.4. The quantitative estimate of drug-likeness (QED) is 0.780. The highest BCUT2D eigenvalue weighted by molar-refractivity contribution is 5.95. The summed E-state index contributed by atoms with van der Waals surface area (Å²) >= 11 is 0. The fraction of sp³-hybridized carbons (Fsp3) is 0.304. The Labute approximate surface area is 162 Å². The first kappa shape index (κ1) is 20.1. The van der Waals surface area contributed by atoms with Gasteiger partial charge in [0.2, 0.25) is 0 Å². The van der Waals surface area contributed by atoms with E-state index < -0.39 is 0 Å². The fourth-order valence-corrected chi connectivity index (χ4v) is 2.57. The van der Waals surface area contributed by atoms with E-state index in [1.165, 1.54) is 0 Å². The van der Waals surface area contributed by atoms with Crippen molar-refractivity contribution in [1.82, 2.24) is 4.90 Å². The van der Waals surface area contributed by atoms with Crippen molar-refractivity contribution in [2.75, 3.05) is 25.5 Å². The number of hydrogen-bond donors (Lipinski definition) is 0. The zero-order chi connectivity index (χ0) is 20.0. The molecule has 2 aromatic carbocycles. The second-order valence-electron chi connectivity index (χ2n) is 6.86. The molecule has 138 valence electrons. The molecule has 0 bridgehead atoms. The second kappa shape index (κ2) is 8.92. The van der Waals surface area contributed by atoms with E-state index in [1.807, 2.05) is 76.2 Å². The van der Waals surface area contributed by atoms with E-state index in [4.69, 9.17) is 5.26 Å². The van der Waals surface area contributed by atoms with Gasteiger partial charge in [-0.3, -0.25) is 4.79 Å². The van der Waals surface area contributed by atoms with Crippen LogP contribution in [-0.4, -0.2) is 37.5 Å². The molecule has 0 aliphatic heterocycles. The lowest BCUT2D eigenvalue weighted by Gasteiger charge is -2.22. The summed E-state index contributed by atoms with van der Waals surface area (Å²) in [6.07, 6.45) is 0. The van der Waals surface area contributed by atoms with Gasteiger partial charge in [0.1, 0.15) is 0 Å². The average Bonchev–Trinajstić information content (AvgIpc) is 2.66. The Kier molecular flexibility index (Phi) is 6.63. The van der Waals surface area contributed by atoms with Crippen molar-refractivity contribution in [2.24, 2.45) is 0 Å². The highest BCUT2D eigenvalue weighted by Gasteiger charge is 2.16. The number of nitrogens with zero attached hydrogens (tertiary/aromatic N) is 3. The van der Waals surface area contributed by atoms with Crippen LogP contribution in [0.15, 0.2) is 42.5 Å². The van der Waals surface area contributed by atoms with Crippen molar-refractivity contribution in [3.8, 4) is 17.9 Å². The lowest BCUT2D eigenvalue weighted by molar-refractivity contribution is 0.0754. The van der Waals surface area contributed by atoms with Gasteiger partial charge in [-0.2, -0.15) is 5.26 Å². The molecule has 2 rings (SSSR count). The molecule has 0 N–H and O–H groups in total. The number of benzene rings is 2. The van der Waals surface area contributed by atoms with Gasteiger partial charge in [-0.15, -0.1) is 0 Å². The lowest BCUT2D eigenvalue weighted by atomic mass is 10.0. The topological polar surface area (TPSA) is 47.3 Å². The van der Waals surface area contributed by atoms with E-state index in [0.29, 0.717) is 17.7 Å². The molecular formula is C23H25N3O. The molecule has 1 amide bonds. The van der Waals surface area contributed by atoms with E-state index in [2.05, 4.69) is 17.9 Å². The summed E-state index contributed by atoms with van der Waals surface area (Å²) in [4.78, 5) is 16.2. The number of aryl methyl sites for hydroxylation is 1. The van der Waals surface area contributed by atoms with Crippen LogP contribution in [0, 0.1) is 30.1 Å². The van der Waals surface area contributed by atoms with Gasteiger partial charge in [0.15, 0.2) is 0 Å². The predicted octanol–water partition coefficient (Wildman–Crippen LogP) is 3.84. The SMILES string of the molecule is Cc1cc(C#CCN(C)c2cccc(C#N)c2)ccc1C(=O)N(C)C(C)C. The van der Waals surface area contributed by atoms with Crippen molar-refractivity contribution < 1.29 is 4.79 Å². The summed E-state index contributed by atoms with van der Waals surface area (Å²) in [5.41, 5.74) is 4.11. The molecule has 27 heavy (non-hydrogen) atoms. The van der Waals surface area contributed by atoms with Crippen molar-refractivity contribution in [2.45, 2.75) is 26.8 Å². The van der Waals surface area contributed by atoms with Crippen LogP contribution in [0.2, 0.25) is 0 Å². The summed E-state index contributed by atoms with van der Waals surface area (Å²) < 4.78 is 0. The van der Waals surface area contributed by atoms with Gasteiger partial charge < -0.3 is 9.80 Å². The number of nitriles is 1. The van der Waals surface area contributed by atoms with Crippen LogP contribution < -0.4 is 4.90 Å². The van der Waals surface area contributed by atoms with E-state index in [0.717, 1.165) is 16.8 Å². The minimum absolute atomic E-state index is 0.0270. The van der Waals surface area contributed by atoms with Gasteiger partial charge in [0, 0.05) is 37.0 Å². The minimum Gasteiger partial charge on any atom is -0.363 e. The van der Waals surface area contributed by atoms with Gasteiger partial charge in [0.25, 0.3) is 5.91 Å². The first-order chi connectivity index (χ1) is 12.8. The summed E-state index contributed by atoms with van der Waals surface area (Å²) in [5.74, 6) is 6.33. The van der Waals surface area contributed by atoms with Crippen molar-refractivity contribution in [1.29, 1.82) is 5.26 Å². The van der Waals surface area contributed by atoms with E-state index >= 15 is 0 Å². The first-order valence-electron chi connectivity index (χ1n) is 8.91. The van der Waals surface area contributed by atoms with Crippen LogP contribution in [-0.2, 0) is 0 Å². The number of rotatable bonds is 4. The molecule has 4 nitrogen and oxygen atoms in total. The molecule has 0 aliphatic carbocycles. The molecule has 0 heterocycles. The van der Waals surface area contributed by atoms with Crippen LogP contribution in [0.5, 0.6) is 0 Å². The van der Waals surface area contributed by atoms with Crippen molar-refractivity contribution >= 4 is 11.6 Å². The van der Waals surface area contributed by atoms with Crippen LogP contribution in [0.1, 0.15) is 40.9 Å². The summed E-state index contributed by atoms with van der Waals surface area (Å²) in [7, 11) is 3.76. The Morgan fingerprint density at radius 3 is 2.48 bits per heavy atom. The number of amides is 1. The van der Waals surface area contributed by atoms with Gasteiger partial charge in [0.05, 0.1) is 18.2 Å². The molecule has 0 saturated carbocycles. The second-order valence-corrected chi connectivity index (χ2v) is 6.86. The maximum atomic E-state index is 12.5. The largest absolute Gasteiger partial charge is 0.363 e. The number of carbonyl (C=O) groups excluding carboxylic acids is 1. The molecule has 0 atom stereocenters. The summed E-state index contributed by atoms with van der Waals surface area (Å²) in [6.45, 7) is 6.47. The van der Waals surface area contributed by atoms with E-state index in [-0.39, 0.29) is 11.9 Å². The molecule has 0 saturated heterocycles. The Bertz CT molecular complexity index is 929. The third-order valence-corrected chi connectivity index (χ3v) is 4.52. The van der Waals surface area contributed by atoms with Gasteiger partial charge in [-0.05, 0) is 62.7 Å². The Hall–Kier alpha value is -3.24. The monoisotopic (exact) mass is 359 g/mol. The molecule has 0 radical (unpaired) electrons. The average molecular weight is 359 g/mol. The Morgan fingerprint density at radius 1 is 1.11 bits per heavy atom. The first-order valence-corrected chi connectivity index (χ1v) is 8.91. The van der Waals surface area contributed by atoms with Gasteiger partial charge >= 0.3 is 0 Å². The highest BCUT2D eigenvalue weighted by atomic mass is 16.2. The molecule has 0 fully saturated rings. The van der Waals surface area contributed by atoms with Crippen molar-refractivity contribution in [3.63, 3.8) is 0 Å². The van der Waals surface area contributed by atoms with Gasteiger partial charge in [-0.1, -0.05) is 17.9 Å². The maximum absolute atomic E-state index is 12.5. The molecule has 0 unspecified atom stereocenters. The molecule has 4 heteroatoms. The summed E-state index contributed by atoms with van der Waals surface area (Å²) in [5, 5.41) is 9.00. The molecule has 0 aromatic heterocycles. The molecular weight excluding hydrogens is 334 g/mol. The highest BCUT2D eigenvalue weighted by Crippen LogP contribution is 2.15. The van der Waals surface area contributed by atoms with E-state index in [1.54, 1.807) is 11.0 Å². The standard InChI is InChI=1S/C23H25N3O/c1-17(2)26(5)23(27)22-12-11-19(14-18(22)3)9-7-13-25(4)21-10-6-8-20(15-21)16-24/h6,8,10-12,14-15,17H,13H2,1-5H3. The van der Waals surface area contributed by atoms with Crippen molar-refractivity contribution in [3.05, 3.63) is 64.7 Å². The van der Waals surface area contributed by atoms with Gasteiger partial charge in [-0.25, -0.2) is 0 Å². The Morgan fingerprint density at radius 2 is 1.85 bits per heavy atom. The normalized spacial score (nSPS) is 9.96. The Balaban J connectivity index is 2.10. The number of hydrogen-bond acceptors (Lipinski definition) is 3. The number of anilines is 1.